The van der Waals surface area contributed by atoms with E-state index in [4.69, 9.17) is 10.7 Å². The summed E-state index contributed by atoms with van der Waals surface area (Å²) < 4.78 is 36.8. The van der Waals surface area contributed by atoms with Crippen LogP contribution in [0.1, 0.15) is 6.92 Å². The zero-order valence-electron chi connectivity index (χ0n) is 7.83. The highest BCUT2D eigenvalue weighted by Gasteiger charge is 2.15. The second kappa shape index (κ2) is 4.46. The van der Waals surface area contributed by atoms with Crippen molar-refractivity contribution in [1.82, 2.24) is 4.98 Å². The van der Waals surface area contributed by atoms with Gasteiger partial charge in [-0.2, -0.15) is 8.42 Å². The third-order valence-electron chi connectivity index (χ3n) is 1.57. The third-order valence-corrected chi connectivity index (χ3v) is 5.43. The van der Waals surface area contributed by atoms with Crippen LogP contribution < -0.4 is 0 Å². The molecule has 1 aromatic heterocycles. The van der Waals surface area contributed by atoms with Crippen molar-refractivity contribution in [2.45, 2.75) is 11.9 Å². The summed E-state index contributed by atoms with van der Waals surface area (Å²) in [7, 11) is -2.28. The lowest BCUT2D eigenvalue weighted by Crippen LogP contribution is -2.07. The van der Waals surface area contributed by atoms with Crippen molar-refractivity contribution in [2.75, 3.05) is 5.75 Å². The standard InChI is InChI=1S/C7H9ClN2O3S2/c1-2-14(11,10-15(8,12)13)7-5-3-4-6-9-7/h3-6H,2H2,1H3/t14-/m1/s1. The predicted molar refractivity (Wildman–Crippen MR) is 58.4 cm³/mol. The Kier molecular flexibility index (Phi) is 3.69. The maximum absolute atomic E-state index is 12.1. The van der Waals surface area contributed by atoms with Crippen molar-refractivity contribution in [2.24, 2.45) is 3.77 Å². The number of pyridine rings is 1. The molecular weight excluding hydrogens is 260 g/mol. The molecule has 1 rings (SSSR count). The van der Waals surface area contributed by atoms with Crippen molar-refractivity contribution >= 4 is 29.6 Å². The van der Waals surface area contributed by atoms with E-state index in [1.165, 1.54) is 12.3 Å². The molecule has 1 heterocycles. The lowest BCUT2D eigenvalue weighted by Gasteiger charge is -2.04. The van der Waals surface area contributed by atoms with Gasteiger partial charge in [-0.25, -0.2) is 9.19 Å². The van der Waals surface area contributed by atoms with Crippen LogP contribution in [0.15, 0.2) is 33.2 Å². The molecule has 0 unspecified atom stereocenters. The summed E-state index contributed by atoms with van der Waals surface area (Å²) in [5.74, 6) is 0.0377. The van der Waals surface area contributed by atoms with E-state index in [1.54, 1.807) is 19.1 Å². The highest BCUT2D eigenvalue weighted by molar-refractivity contribution is 8.17. The minimum Gasteiger partial charge on any atom is -0.246 e. The second-order valence-electron chi connectivity index (χ2n) is 2.58. The minimum atomic E-state index is -4.16. The Morgan fingerprint density at radius 2 is 2.07 bits per heavy atom. The first-order chi connectivity index (χ1) is 6.87. The summed E-state index contributed by atoms with van der Waals surface area (Å²) in [6.45, 7) is 1.56. The van der Waals surface area contributed by atoms with Gasteiger partial charge in [0.05, 0.1) is 0 Å². The molecule has 5 nitrogen and oxygen atoms in total. The molecule has 0 radical (unpaired) electrons. The Morgan fingerprint density at radius 3 is 2.47 bits per heavy atom. The van der Waals surface area contributed by atoms with Crippen molar-refractivity contribution in [3.05, 3.63) is 24.4 Å². The SMILES string of the molecule is CC[S@](=O)(=NS(=O)(=O)Cl)c1ccccn1. The molecule has 0 spiro atoms. The van der Waals surface area contributed by atoms with Gasteiger partial charge in [0.25, 0.3) is 0 Å². The second-order valence-corrected chi connectivity index (χ2v) is 7.45. The van der Waals surface area contributed by atoms with Gasteiger partial charge in [-0.1, -0.05) is 16.8 Å². The number of hydrogen-bond acceptors (Lipinski definition) is 4. The van der Waals surface area contributed by atoms with Gasteiger partial charge in [0.15, 0.2) is 0 Å². The maximum Gasteiger partial charge on any atom is 0.347 e. The van der Waals surface area contributed by atoms with Crippen LogP contribution >= 0.6 is 10.7 Å². The summed E-state index contributed by atoms with van der Waals surface area (Å²) >= 11 is 0. The molecule has 0 aromatic carbocycles. The molecule has 0 bridgehead atoms. The first-order valence-electron chi connectivity index (χ1n) is 3.99. The van der Waals surface area contributed by atoms with E-state index >= 15 is 0 Å². The zero-order chi connectivity index (χ0) is 11.5. The van der Waals surface area contributed by atoms with Gasteiger partial charge in [-0.3, -0.25) is 0 Å². The molecule has 0 saturated carbocycles. The molecule has 0 aliphatic carbocycles. The average molecular weight is 269 g/mol. The third kappa shape index (κ3) is 3.44. The first kappa shape index (κ1) is 12.4. The van der Waals surface area contributed by atoms with E-state index < -0.39 is 19.0 Å². The van der Waals surface area contributed by atoms with Gasteiger partial charge in [0.2, 0.25) is 0 Å². The van der Waals surface area contributed by atoms with E-state index in [1.807, 2.05) is 0 Å². The molecule has 15 heavy (non-hydrogen) atoms. The van der Waals surface area contributed by atoms with Crippen molar-refractivity contribution in [3.63, 3.8) is 0 Å². The van der Waals surface area contributed by atoms with E-state index in [0.717, 1.165) is 0 Å². The number of hydrogen-bond donors (Lipinski definition) is 0. The Morgan fingerprint density at radius 1 is 1.40 bits per heavy atom. The fourth-order valence-electron chi connectivity index (χ4n) is 0.918. The van der Waals surface area contributed by atoms with Crippen LogP contribution in [-0.4, -0.2) is 23.4 Å². The molecule has 8 heteroatoms. The highest BCUT2D eigenvalue weighted by Crippen LogP contribution is 2.14. The number of rotatable bonds is 3. The Bertz CT molecular complexity index is 547. The van der Waals surface area contributed by atoms with E-state index in [0.29, 0.717) is 0 Å². The monoisotopic (exact) mass is 268 g/mol. The largest absolute Gasteiger partial charge is 0.347 e. The predicted octanol–water partition coefficient (Wildman–Crippen LogP) is 1.41. The maximum atomic E-state index is 12.1. The fourth-order valence-corrected chi connectivity index (χ4v) is 4.43. The quantitative estimate of drug-likeness (QED) is 0.777. The molecule has 1 aromatic rings. The van der Waals surface area contributed by atoms with Crippen molar-refractivity contribution in [1.29, 1.82) is 0 Å². The smallest absolute Gasteiger partial charge is 0.246 e. The normalized spacial score (nSPS) is 15.6. The number of halogens is 1. The minimum absolute atomic E-state index is 0.0377. The average Bonchev–Trinajstić information content (AvgIpc) is 2.16. The fraction of sp³-hybridized carbons (Fsp3) is 0.286. The molecule has 0 N–H and O–H groups in total. The summed E-state index contributed by atoms with van der Waals surface area (Å²) in [4.78, 5) is 3.81. The summed E-state index contributed by atoms with van der Waals surface area (Å²) in [5.41, 5.74) is 0. The number of aromatic nitrogens is 1. The Balaban J connectivity index is 3.44. The molecular formula is C7H9ClN2O3S2. The van der Waals surface area contributed by atoms with E-state index in [9.17, 15) is 12.6 Å². The molecule has 0 aliphatic heterocycles. The lowest BCUT2D eigenvalue weighted by molar-refractivity contribution is 0.611. The molecule has 0 amide bonds. The molecule has 1 atom stereocenters. The van der Waals surface area contributed by atoms with Crippen LogP contribution in [0.2, 0.25) is 0 Å². The topological polar surface area (TPSA) is 76.5 Å². The summed E-state index contributed by atoms with van der Waals surface area (Å²) in [6, 6.07) is 4.69. The van der Waals surface area contributed by atoms with Gasteiger partial charge >= 0.3 is 9.24 Å². The summed E-state index contributed by atoms with van der Waals surface area (Å²) in [5, 5.41) is 0.122. The Hall–Kier alpha value is -0.660. The molecule has 0 aliphatic rings. The van der Waals surface area contributed by atoms with Crippen LogP contribution in [0.25, 0.3) is 0 Å². The van der Waals surface area contributed by atoms with Gasteiger partial charge < -0.3 is 0 Å². The van der Waals surface area contributed by atoms with Crippen molar-refractivity contribution < 1.29 is 12.6 Å². The van der Waals surface area contributed by atoms with Gasteiger partial charge in [-0.05, 0) is 12.1 Å². The Labute approximate surface area is 93.2 Å². The van der Waals surface area contributed by atoms with Crippen LogP contribution in [0.4, 0.5) is 0 Å². The van der Waals surface area contributed by atoms with E-state index in [-0.39, 0.29) is 10.8 Å². The van der Waals surface area contributed by atoms with Crippen LogP contribution in [-0.2, 0) is 19.0 Å². The highest BCUT2D eigenvalue weighted by atomic mass is 35.7. The van der Waals surface area contributed by atoms with Gasteiger partial charge in [-0.15, -0.1) is 0 Å². The van der Waals surface area contributed by atoms with Crippen LogP contribution in [0.3, 0.4) is 0 Å². The van der Waals surface area contributed by atoms with Gasteiger partial charge in [0.1, 0.15) is 14.8 Å². The van der Waals surface area contributed by atoms with Gasteiger partial charge in [0, 0.05) is 22.6 Å². The molecule has 84 valence electrons. The van der Waals surface area contributed by atoms with Crippen LogP contribution in [0.5, 0.6) is 0 Å². The molecule has 0 fully saturated rings. The summed E-state index contributed by atoms with van der Waals surface area (Å²) in [6.07, 6.45) is 1.42. The van der Waals surface area contributed by atoms with E-state index in [2.05, 4.69) is 8.75 Å². The first-order valence-corrected chi connectivity index (χ1v) is 7.94. The van der Waals surface area contributed by atoms with Crippen molar-refractivity contribution in [3.8, 4) is 0 Å². The lowest BCUT2D eigenvalue weighted by atomic mass is 10.5. The zero-order valence-corrected chi connectivity index (χ0v) is 10.2. The number of nitrogens with zero attached hydrogens (tertiary/aromatic N) is 2. The van der Waals surface area contributed by atoms with Crippen LogP contribution in [0, 0.1) is 0 Å². The molecule has 0 saturated heterocycles.